The molecule has 0 spiro atoms. The van der Waals surface area contributed by atoms with Gasteiger partial charge >= 0.3 is 0 Å². The van der Waals surface area contributed by atoms with E-state index in [4.69, 9.17) is 10.5 Å². The molecule has 100 valence electrons. The van der Waals surface area contributed by atoms with E-state index in [9.17, 15) is 0 Å². The van der Waals surface area contributed by atoms with E-state index in [2.05, 4.69) is 23.6 Å². The summed E-state index contributed by atoms with van der Waals surface area (Å²) in [6.45, 7) is 5.50. The number of hydrogen-bond donors (Lipinski definition) is 1. The van der Waals surface area contributed by atoms with Gasteiger partial charge in [-0.15, -0.1) is 0 Å². The van der Waals surface area contributed by atoms with Crippen molar-refractivity contribution in [2.45, 2.75) is 49.5 Å². The average molecular weight is 258 g/mol. The van der Waals surface area contributed by atoms with Gasteiger partial charge in [0.2, 0.25) is 0 Å². The first-order chi connectivity index (χ1) is 8.20. The Morgan fingerprint density at radius 2 is 2.35 bits per heavy atom. The second-order valence-electron chi connectivity index (χ2n) is 5.51. The Hall–Kier alpha value is 0.230. The summed E-state index contributed by atoms with van der Waals surface area (Å²) in [5.74, 6) is 1.25. The lowest BCUT2D eigenvalue weighted by atomic mass is 9.78. The molecule has 1 saturated heterocycles. The fourth-order valence-corrected chi connectivity index (χ4v) is 4.35. The van der Waals surface area contributed by atoms with Gasteiger partial charge in [0.05, 0.1) is 6.10 Å². The third kappa shape index (κ3) is 2.98. The van der Waals surface area contributed by atoms with Gasteiger partial charge in [-0.1, -0.05) is 6.92 Å². The Labute approximate surface area is 109 Å². The lowest BCUT2D eigenvalue weighted by molar-refractivity contribution is -0.0204. The van der Waals surface area contributed by atoms with Crippen LogP contribution in [-0.4, -0.2) is 54.3 Å². The molecule has 0 amide bonds. The van der Waals surface area contributed by atoms with Crippen LogP contribution in [0.1, 0.15) is 32.6 Å². The van der Waals surface area contributed by atoms with Gasteiger partial charge in [-0.25, -0.2) is 0 Å². The second kappa shape index (κ2) is 5.91. The standard InChI is InChI=1S/C13H26N2OS/c1-11-9-15(6-7-17-11)13(10-14)5-3-4-12(8-13)16-2/h11-12H,3-10,14H2,1-2H3. The minimum Gasteiger partial charge on any atom is -0.381 e. The molecule has 4 heteroatoms. The fraction of sp³-hybridized carbons (Fsp3) is 1.00. The molecule has 0 radical (unpaired) electrons. The zero-order valence-corrected chi connectivity index (χ0v) is 12.0. The van der Waals surface area contributed by atoms with Gasteiger partial charge in [0.15, 0.2) is 0 Å². The molecule has 0 aromatic heterocycles. The van der Waals surface area contributed by atoms with Crippen molar-refractivity contribution in [2.75, 3.05) is 32.5 Å². The van der Waals surface area contributed by atoms with Crippen molar-refractivity contribution in [3.63, 3.8) is 0 Å². The molecule has 1 aliphatic carbocycles. The van der Waals surface area contributed by atoms with Crippen LogP contribution in [-0.2, 0) is 4.74 Å². The highest BCUT2D eigenvalue weighted by Crippen LogP contribution is 2.36. The molecule has 17 heavy (non-hydrogen) atoms. The fourth-order valence-electron chi connectivity index (χ4n) is 3.34. The summed E-state index contributed by atoms with van der Waals surface area (Å²) in [4.78, 5) is 2.65. The van der Waals surface area contributed by atoms with Crippen LogP contribution in [0.25, 0.3) is 0 Å². The lowest BCUT2D eigenvalue weighted by Crippen LogP contribution is -2.60. The topological polar surface area (TPSA) is 38.5 Å². The SMILES string of the molecule is COC1CCCC(CN)(N2CCSC(C)C2)C1. The van der Waals surface area contributed by atoms with Crippen LogP contribution in [0.5, 0.6) is 0 Å². The third-order valence-electron chi connectivity index (χ3n) is 4.40. The van der Waals surface area contributed by atoms with E-state index in [0.29, 0.717) is 6.10 Å². The molecule has 0 bridgehead atoms. The van der Waals surface area contributed by atoms with Gasteiger partial charge in [-0.3, -0.25) is 4.90 Å². The van der Waals surface area contributed by atoms with Crippen molar-refractivity contribution in [1.82, 2.24) is 4.90 Å². The monoisotopic (exact) mass is 258 g/mol. The van der Waals surface area contributed by atoms with Crippen molar-refractivity contribution >= 4 is 11.8 Å². The predicted molar refractivity (Wildman–Crippen MR) is 74.5 cm³/mol. The van der Waals surface area contributed by atoms with E-state index in [-0.39, 0.29) is 5.54 Å². The molecule has 0 aromatic carbocycles. The molecule has 2 N–H and O–H groups in total. The molecule has 3 nitrogen and oxygen atoms in total. The first kappa shape index (κ1) is 13.7. The summed E-state index contributed by atoms with van der Waals surface area (Å²) >= 11 is 2.09. The van der Waals surface area contributed by atoms with E-state index in [1.807, 2.05) is 7.11 Å². The number of rotatable bonds is 3. The van der Waals surface area contributed by atoms with Gasteiger partial charge in [-0.2, -0.15) is 11.8 Å². The summed E-state index contributed by atoms with van der Waals surface area (Å²) in [5.41, 5.74) is 6.34. The van der Waals surface area contributed by atoms with E-state index < -0.39 is 0 Å². The molecule has 2 aliphatic rings. The van der Waals surface area contributed by atoms with Crippen LogP contribution in [0.2, 0.25) is 0 Å². The molecule has 1 heterocycles. The Morgan fingerprint density at radius 1 is 1.53 bits per heavy atom. The van der Waals surface area contributed by atoms with Gasteiger partial charge in [0, 0.05) is 43.3 Å². The van der Waals surface area contributed by atoms with Gasteiger partial charge in [0.1, 0.15) is 0 Å². The predicted octanol–water partition coefficient (Wildman–Crippen LogP) is 1.71. The van der Waals surface area contributed by atoms with Crippen molar-refractivity contribution in [1.29, 1.82) is 0 Å². The third-order valence-corrected chi connectivity index (χ3v) is 5.54. The minimum absolute atomic E-state index is 0.216. The van der Waals surface area contributed by atoms with E-state index in [0.717, 1.165) is 18.2 Å². The van der Waals surface area contributed by atoms with Crippen LogP contribution in [0.3, 0.4) is 0 Å². The molecule has 2 fully saturated rings. The zero-order chi connectivity index (χ0) is 12.3. The number of nitrogens with zero attached hydrogens (tertiary/aromatic N) is 1. The molecule has 3 atom stereocenters. The number of nitrogens with two attached hydrogens (primary N) is 1. The summed E-state index contributed by atoms with van der Waals surface area (Å²) in [7, 11) is 1.84. The highest BCUT2D eigenvalue weighted by atomic mass is 32.2. The molecule has 1 aliphatic heterocycles. The Balaban J connectivity index is 2.06. The van der Waals surface area contributed by atoms with E-state index >= 15 is 0 Å². The number of hydrogen-bond acceptors (Lipinski definition) is 4. The largest absolute Gasteiger partial charge is 0.381 e. The van der Waals surface area contributed by atoms with Crippen molar-refractivity contribution in [3.05, 3.63) is 0 Å². The summed E-state index contributed by atoms with van der Waals surface area (Å²) in [5, 5.41) is 0.745. The van der Waals surface area contributed by atoms with E-state index in [1.54, 1.807) is 0 Å². The molecular formula is C13H26N2OS. The first-order valence-corrected chi connectivity index (χ1v) is 7.84. The van der Waals surface area contributed by atoms with Gasteiger partial charge < -0.3 is 10.5 Å². The Bertz CT molecular complexity index is 252. The summed E-state index contributed by atoms with van der Waals surface area (Å²) < 4.78 is 5.58. The van der Waals surface area contributed by atoms with Crippen molar-refractivity contribution in [2.24, 2.45) is 5.73 Å². The maximum Gasteiger partial charge on any atom is 0.0589 e. The van der Waals surface area contributed by atoms with Crippen LogP contribution >= 0.6 is 11.8 Å². The number of methoxy groups -OCH3 is 1. The maximum atomic E-state index is 6.13. The van der Waals surface area contributed by atoms with Crippen LogP contribution in [0, 0.1) is 0 Å². The molecule has 0 aromatic rings. The Morgan fingerprint density at radius 3 is 3.00 bits per heavy atom. The van der Waals surface area contributed by atoms with Crippen molar-refractivity contribution < 1.29 is 4.74 Å². The lowest BCUT2D eigenvalue weighted by Gasteiger charge is -2.50. The molecule has 1 saturated carbocycles. The normalized spacial score (nSPS) is 40.4. The highest BCUT2D eigenvalue weighted by Gasteiger charge is 2.41. The van der Waals surface area contributed by atoms with Crippen LogP contribution in [0.15, 0.2) is 0 Å². The quantitative estimate of drug-likeness (QED) is 0.836. The summed E-state index contributed by atoms with van der Waals surface area (Å²) in [6.07, 6.45) is 5.25. The Kier molecular flexibility index (Phi) is 4.75. The smallest absolute Gasteiger partial charge is 0.0589 e. The van der Waals surface area contributed by atoms with E-state index in [1.165, 1.54) is 38.1 Å². The van der Waals surface area contributed by atoms with Crippen molar-refractivity contribution in [3.8, 4) is 0 Å². The first-order valence-electron chi connectivity index (χ1n) is 6.80. The highest BCUT2D eigenvalue weighted by molar-refractivity contribution is 7.99. The number of thioether (sulfide) groups is 1. The second-order valence-corrected chi connectivity index (χ2v) is 7.06. The minimum atomic E-state index is 0.216. The van der Waals surface area contributed by atoms with Gasteiger partial charge in [0.25, 0.3) is 0 Å². The average Bonchev–Trinajstić information content (AvgIpc) is 2.38. The molecule has 2 rings (SSSR count). The molecular weight excluding hydrogens is 232 g/mol. The zero-order valence-electron chi connectivity index (χ0n) is 11.2. The molecule has 3 unspecified atom stereocenters. The summed E-state index contributed by atoms with van der Waals surface area (Å²) in [6, 6.07) is 0. The van der Waals surface area contributed by atoms with Gasteiger partial charge in [-0.05, 0) is 25.7 Å². The van der Waals surface area contributed by atoms with Crippen LogP contribution in [0.4, 0.5) is 0 Å². The number of ether oxygens (including phenoxy) is 1. The van der Waals surface area contributed by atoms with Crippen LogP contribution < -0.4 is 5.73 Å². The maximum absolute atomic E-state index is 6.13.